The highest BCUT2D eigenvalue weighted by Gasteiger charge is 2.09. The highest BCUT2D eigenvalue weighted by Crippen LogP contribution is 2.16. The Labute approximate surface area is 120 Å². The van der Waals surface area contributed by atoms with Crippen LogP contribution in [0.5, 0.6) is 0 Å². The van der Waals surface area contributed by atoms with Crippen LogP contribution >= 0.6 is 11.3 Å². The number of anilines is 1. The maximum absolute atomic E-state index is 11.8. The summed E-state index contributed by atoms with van der Waals surface area (Å²) in [6.07, 6.45) is 0.137. The standard InChI is InChI=1S/C14H14N2O3S/c1-9-2-4-10(5-3-9)6-12(17)16-14-15-11(8-20-14)7-13(18)19/h2-5,8H,6-7H2,1H3,(H,18,19)(H,15,16,17). The summed E-state index contributed by atoms with van der Waals surface area (Å²) in [6.45, 7) is 1.99. The summed E-state index contributed by atoms with van der Waals surface area (Å²) in [5.41, 5.74) is 2.52. The zero-order valence-electron chi connectivity index (χ0n) is 10.9. The van der Waals surface area contributed by atoms with Gasteiger partial charge in [-0.1, -0.05) is 29.8 Å². The lowest BCUT2D eigenvalue weighted by Gasteiger charge is -2.02. The van der Waals surface area contributed by atoms with Gasteiger partial charge >= 0.3 is 5.97 Å². The molecule has 0 saturated heterocycles. The van der Waals surface area contributed by atoms with Gasteiger partial charge in [-0.2, -0.15) is 0 Å². The molecule has 1 aromatic carbocycles. The van der Waals surface area contributed by atoms with Gasteiger partial charge in [0.1, 0.15) is 0 Å². The van der Waals surface area contributed by atoms with Gasteiger partial charge in [0.25, 0.3) is 0 Å². The van der Waals surface area contributed by atoms with Crippen molar-refractivity contribution in [2.45, 2.75) is 19.8 Å². The normalized spacial score (nSPS) is 10.2. The zero-order valence-corrected chi connectivity index (χ0v) is 11.7. The van der Waals surface area contributed by atoms with Gasteiger partial charge in [-0.15, -0.1) is 11.3 Å². The third kappa shape index (κ3) is 4.17. The topological polar surface area (TPSA) is 79.3 Å². The largest absolute Gasteiger partial charge is 0.481 e. The minimum atomic E-state index is -0.937. The fourth-order valence-corrected chi connectivity index (χ4v) is 2.38. The van der Waals surface area contributed by atoms with Crippen molar-refractivity contribution in [2.75, 3.05) is 5.32 Å². The molecule has 1 amide bonds. The summed E-state index contributed by atoms with van der Waals surface area (Å²) < 4.78 is 0. The molecule has 2 aromatic rings. The van der Waals surface area contributed by atoms with E-state index in [1.807, 2.05) is 31.2 Å². The van der Waals surface area contributed by atoms with Crippen LogP contribution in [-0.2, 0) is 22.4 Å². The van der Waals surface area contributed by atoms with Crippen LogP contribution in [-0.4, -0.2) is 22.0 Å². The Balaban J connectivity index is 1.92. The van der Waals surface area contributed by atoms with Crippen LogP contribution < -0.4 is 5.32 Å². The average Bonchev–Trinajstić information content (AvgIpc) is 2.78. The minimum Gasteiger partial charge on any atom is -0.481 e. The lowest BCUT2D eigenvalue weighted by Crippen LogP contribution is -2.14. The number of aromatic nitrogens is 1. The molecule has 0 unspecified atom stereocenters. The van der Waals surface area contributed by atoms with E-state index in [2.05, 4.69) is 10.3 Å². The molecule has 1 aromatic heterocycles. The predicted molar refractivity (Wildman–Crippen MR) is 77.0 cm³/mol. The number of carbonyl (C=O) groups excluding carboxylic acids is 1. The number of nitrogens with zero attached hydrogens (tertiary/aromatic N) is 1. The van der Waals surface area contributed by atoms with Crippen molar-refractivity contribution >= 4 is 28.3 Å². The first-order chi connectivity index (χ1) is 9.52. The molecule has 0 spiro atoms. The Bertz CT molecular complexity index is 620. The number of aliphatic carboxylic acids is 1. The van der Waals surface area contributed by atoms with Crippen LogP contribution in [0.3, 0.4) is 0 Å². The molecule has 2 rings (SSSR count). The molecule has 0 bridgehead atoms. The van der Waals surface area contributed by atoms with Crippen LogP contribution in [0.1, 0.15) is 16.8 Å². The lowest BCUT2D eigenvalue weighted by molar-refractivity contribution is -0.136. The van der Waals surface area contributed by atoms with Crippen molar-refractivity contribution in [1.82, 2.24) is 4.98 Å². The Hall–Kier alpha value is -2.21. The number of benzene rings is 1. The number of thiazole rings is 1. The second kappa shape index (κ2) is 6.29. The van der Waals surface area contributed by atoms with Crippen molar-refractivity contribution in [3.8, 4) is 0 Å². The van der Waals surface area contributed by atoms with Gasteiger partial charge < -0.3 is 10.4 Å². The Morgan fingerprint density at radius 1 is 1.25 bits per heavy atom. The molecule has 1 heterocycles. The lowest BCUT2D eigenvalue weighted by atomic mass is 10.1. The molecule has 2 N–H and O–H groups in total. The maximum Gasteiger partial charge on any atom is 0.309 e. The minimum absolute atomic E-state index is 0.135. The summed E-state index contributed by atoms with van der Waals surface area (Å²) in [6, 6.07) is 7.73. The first-order valence-electron chi connectivity index (χ1n) is 6.04. The summed E-state index contributed by atoms with van der Waals surface area (Å²) >= 11 is 1.23. The molecule has 6 heteroatoms. The Morgan fingerprint density at radius 2 is 1.95 bits per heavy atom. The number of hydrogen-bond acceptors (Lipinski definition) is 4. The van der Waals surface area contributed by atoms with E-state index in [0.29, 0.717) is 10.8 Å². The van der Waals surface area contributed by atoms with Gasteiger partial charge in [0, 0.05) is 5.38 Å². The van der Waals surface area contributed by atoms with Crippen LogP contribution in [0.2, 0.25) is 0 Å². The van der Waals surface area contributed by atoms with Crippen molar-refractivity contribution < 1.29 is 14.7 Å². The molecule has 5 nitrogen and oxygen atoms in total. The Morgan fingerprint density at radius 3 is 2.60 bits per heavy atom. The number of nitrogens with one attached hydrogen (secondary N) is 1. The van der Waals surface area contributed by atoms with Crippen molar-refractivity contribution in [2.24, 2.45) is 0 Å². The van der Waals surface area contributed by atoms with E-state index in [0.717, 1.165) is 11.1 Å². The van der Waals surface area contributed by atoms with E-state index in [1.165, 1.54) is 11.3 Å². The Kier molecular flexibility index (Phi) is 4.47. The molecular weight excluding hydrogens is 276 g/mol. The van der Waals surface area contributed by atoms with Gasteiger partial charge in [-0.3, -0.25) is 9.59 Å². The third-order valence-electron chi connectivity index (χ3n) is 2.62. The molecule has 0 aliphatic heterocycles. The second-order valence-corrected chi connectivity index (χ2v) is 5.28. The summed E-state index contributed by atoms with van der Waals surface area (Å²) in [5, 5.41) is 13.4. The quantitative estimate of drug-likeness (QED) is 0.885. The van der Waals surface area contributed by atoms with Crippen molar-refractivity contribution in [3.05, 3.63) is 46.5 Å². The molecule has 104 valence electrons. The molecule has 0 fully saturated rings. The van der Waals surface area contributed by atoms with E-state index in [-0.39, 0.29) is 18.7 Å². The van der Waals surface area contributed by atoms with Gasteiger partial charge in [0.05, 0.1) is 18.5 Å². The van der Waals surface area contributed by atoms with Crippen molar-refractivity contribution in [1.29, 1.82) is 0 Å². The third-order valence-corrected chi connectivity index (χ3v) is 3.42. The van der Waals surface area contributed by atoms with E-state index in [4.69, 9.17) is 5.11 Å². The van der Waals surface area contributed by atoms with E-state index in [9.17, 15) is 9.59 Å². The SMILES string of the molecule is Cc1ccc(CC(=O)Nc2nc(CC(=O)O)cs2)cc1. The van der Waals surface area contributed by atoms with Gasteiger partial charge in [0.2, 0.25) is 5.91 Å². The van der Waals surface area contributed by atoms with Crippen LogP contribution in [0.15, 0.2) is 29.6 Å². The monoisotopic (exact) mass is 290 g/mol. The first-order valence-corrected chi connectivity index (χ1v) is 6.92. The number of carboxylic acid groups (broad SMARTS) is 1. The zero-order chi connectivity index (χ0) is 14.5. The summed E-state index contributed by atoms with van der Waals surface area (Å²) in [7, 11) is 0. The number of carboxylic acids is 1. The molecule has 0 saturated carbocycles. The molecule has 20 heavy (non-hydrogen) atoms. The van der Waals surface area contributed by atoms with Crippen LogP contribution in [0.4, 0.5) is 5.13 Å². The predicted octanol–water partition coefficient (Wildman–Crippen LogP) is 2.26. The fourth-order valence-electron chi connectivity index (χ4n) is 1.66. The smallest absolute Gasteiger partial charge is 0.309 e. The van der Waals surface area contributed by atoms with E-state index >= 15 is 0 Å². The van der Waals surface area contributed by atoms with Crippen LogP contribution in [0.25, 0.3) is 0 Å². The summed E-state index contributed by atoms with van der Waals surface area (Å²) in [4.78, 5) is 26.4. The molecule has 0 radical (unpaired) electrons. The van der Waals surface area contributed by atoms with Gasteiger partial charge in [0.15, 0.2) is 5.13 Å². The maximum atomic E-state index is 11.8. The van der Waals surface area contributed by atoms with Crippen LogP contribution in [0, 0.1) is 6.92 Å². The summed E-state index contributed by atoms with van der Waals surface area (Å²) in [5.74, 6) is -1.10. The number of rotatable bonds is 5. The molecule has 0 aliphatic carbocycles. The first kappa shape index (κ1) is 14.2. The van der Waals surface area contributed by atoms with E-state index < -0.39 is 5.97 Å². The molecule has 0 aliphatic rings. The van der Waals surface area contributed by atoms with E-state index in [1.54, 1.807) is 5.38 Å². The number of carbonyl (C=O) groups is 2. The second-order valence-electron chi connectivity index (χ2n) is 4.43. The van der Waals surface area contributed by atoms with Gasteiger partial charge in [-0.25, -0.2) is 4.98 Å². The fraction of sp³-hybridized carbons (Fsp3) is 0.214. The number of hydrogen-bond donors (Lipinski definition) is 2. The average molecular weight is 290 g/mol. The van der Waals surface area contributed by atoms with Crippen molar-refractivity contribution in [3.63, 3.8) is 0 Å². The van der Waals surface area contributed by atoms with Gasteiger partial charge in [-0.05, 0) is 12.5 Å². The molecule has 0 atom stereocenters. The highest BCUT2D eigenvalue weighted by atomic mass is 32.1. The molecular formula is C14H14N2O3S. The number of aryl methyl sites for hydroxylation is 1. The highest BCUT2D eigenvalue weighted by molar-refractivity contribution is 7.13. The number of amides is 1.